The molecule has 0 bridgehead atoms. The van der Waals surface area contributed by atoms with E-state index in [2.05, 4.69) is 36.4 Å². The molecule has 1 rings (SSSR count). The molecule has 124 valence electrons. The van der Waals surface area contributed by atoms with Crippen molar-refractivity contribution in [3.8, 4) is 5.75 Å². The van der Waals surface area contributed by atoms with Gasteiger partial charge in [0.1, 0.15) is 12.4 Å². The van der Waals surface area contributed by atoms with E-state index in [-0.39, 0.29) is 0 Å². The monoisotopic (exact) mass is 307 g/mol. The number of benzene rings is 1. The van der Waals surface area contributed by atoms with Crippen LogP contribution in [0.4, 0.5) is 0 Å². The number of rotatable bonds is 9. The van der Waals surface area contributed by atoms with Gasteiger partial charge in [0, 0.05) is 20.2 Å². The van der Waals surface area contributed by atoms with Gasteiger partial charge >= 0.3 is 0 Å². The molecule has 0 aromatic heterocycles. The van der Waals surface area contributed by atoms with Crippen molar-refractivity contribution in [2.75, 3.05) is 40.0 Å². The van der Waals surface area contributed by atoms with Crippen LogP contribution in [0.3, 0.4) is 0 Å². The van der Waals surface area contributed by atoms with Gasteiger partial charge in [0.15, 0.2) is 5.96 Å². The Morgan fingerprint density at radius 1 is 1.09 bits per heavy atom. The second-order valence-electron chi connectivity index (χ2n) is 5.56. The van der Waals surface area contributed by atoms with Gasteiger partial charge in [0.05, 0.1) is 13.2 Å². The highest BCUT2D eigenvalue weighted by molar-refractivity contribution is 5.79. The van der Waals surface area contributed by atoms with Crippen molar-refractivity contribution in [3.05, 3.63) is 29.8 Å². The van der Waals surface area contributed by atoms with Crippen molar-refractivity contribution in [3.63, 3.8) is 0 Å². The van der Waals surface area contributed by atoms with Crippen LogP contribution in [0.1, 0.15) is 19.4 Å². The van der Waals surface area contributed by atoms with Crippen molar-refractivity contribution in [2.24, 2.45) is 10.9 Å². The van der Waals surface area contributed by atoms with E-state index >= 15 is 0 Å². The SMILES string of the molecule is CN=C(NCCOCC(C)C)NCCOc1ccc(C)cc1. The summed E-state index contributed by atoms with van der Waals surface area (Å²) in [6, 6.07) is 8.05. The summed E-state index contributed by atoms with van der Waals surface area (Å²) in [5, 5.41) is 6.42. The fourth-order valence-electron chi connectivity index (χ4n) is 1.75. The van der Waals surface area contributed by atoms with Crippen LogP contribution in [0.25, 0.3) is 0 Å². The number of ether oxygens (including phenoxy) is 2. The average molecular weight is 307 g/mol. The Hall–Kier alpha value is -1.75. The quantitative estimate of drug-likeness (QED) is 0.417. The van der Waals surface area contributed by atoms with E-state index in [4.69, 9.17) is 9.47 Å². The van der Waals surface area contributed by atoms with Crippen LogP contribution < -0.4 is 15.4 Å². The lowest BCUT2D eigenvalue weighted by Gasteiger charge is -2.13. The van der Waals surface area contributed by atoms with Crippen LogP contribution in [0.5, 0.6) is 5.75 Å². The fourth-order valence-corrected chi connectivity index (χ4v) is 1.75. The van der Waals surface area contributed by atoms with Crippen molar-refractivity contribution in [2.45, 2.75) is 20.8 Å². The molecule has 0 unspecified atom stereocenters. The third-order valence-corrected chi connectivity index (χ3v) is 2.90. The standard InChI is InChI=1S/C17H29N3O2/c1-14(2)13-21-11-9-19-17(18-4)20-10-12-22-16-7-5-15(3)6-8-16/h5-8,14H,9-13H2,1-4H3,(H2,18,19,20). The van der Waals surface area contributed by atoms with Crippen LogP contribution >= 0.6 is 0 Å². The predicted molar refractivity (Wildman–Crippen MR) is 91.7 cm³/mol. The molecule has 2 N–H and O–H groups in total. The molecule has 0 aliphatic carbocycles. The summed E-state index contributed by atoms with van der Waals surface area (Å²) < 4.78 is 11.2. The Kier molecular flexibility index (Phi) is 9.07. The van der Waals surface area contributed by atoms with Crippen molar-refractivity contribution < 1.29 is 9.47 Å². The molecule has 0 aliphatic rings. The first kappa shape index (κ1) is 18.3. The third-order valence-electron chi connectivity index (χ3n) is 2.90. The highest BCUT2D eigenvalue weighted by atomic mass is 16.5. The lowest BCUT2D eigenvalue weighted by Crippen LogP contribution is -2.40. The molecule has 0 saturated heterocycles. The Balaban J connectivity index is 2.09. The van der Waals surface area contributed by atoms with E-state index in [0.717, 1.165) is 24.9 Å². The maximum absolute atomic E-state index is 5.66. The third kappa shape index (κ3) is 8.52. The first-order valence-corrected chi connectivity index (χ1v) is 7.83. The Labute approximate surface area is 134 Å². The second-order valence-corrected chi connectivity index (χ2v) is 5.56. The van der Waals surface area contributed by atoms with Crippen LogP contribution in [-0.2, 0) is 4.74 Å². The highest BCUT2D eigenvalue weighted by Gasteiger charge is 1.98. The molecule has 0 spiro atoms. The van der Waals surface area contributed by atoms with Gasteiger partial charge in [-0.2, -0.15) is 0 Å². The minimum absolute atomic E-state index is 0.566. The van der Waals surface area contributed by atoms with Gasteiger partial charge in [-0.1, -0.05) is 31.5 Å². The molecule has 0 heterocycles. The maximum atomic E-state index is 5.66. The predicted octanol–water partition coefficient (Wildman–Crippen LogP) is 2.21. The zero-order valence-corrected chi connectivity index (χ0v) is 14.2. The maximum Gasteiger partial charge on any atom is 0.191 e. The van der Waals surface area contributed by atoms with Crippen molar-refractivity contribution >= 4 is 5.96 Å². The van der Waals surface area contributed by atoms with Gasteiger partial charge in [-0.15, -0.1) is 0 Å². The zero-order chi connectivity index (χ0) is 16.2. The van der Waals surface area contributed by atoms with E-state index in [9.17, 15) is 0 Å². The Bertz CT molecular complexity index is 430. The molecule has 0 amide bonds. The summed E-state index contributed by atoms with van der Waals surface area (Å²) in [5.41, 5.74) is 1.23. The lowest BCUT2D eigenvalue weighted by atomic mass is 10.2. The molecular formula is C17H29N3O2. The van der Waals surface area contributed by atoms with Crippen molar-refractivity contribution in [1.29, 1.82) is 0 Å². The van der Waals surface area contributed by atoms with Crippen molar-refractivity contribution in [1.82, 2.24) is 10.6 Å². The number of aliphatic imine (C=N–C) groups is 1. The summed E-state index contributed by atoms with van der Waals surface area (Å²) in [4.78, 5) is 4.16. The second kappa shape index (κ2) is 10.9. The van der Waals surface area contributed by atoms with Gasteiger partial charge in [-0.25, -0.2) is 0 Å². The topological polar surface area (TPSA) is 54.9 Å². The molecule has 0 saturated carbocycles. The normalized spacial score (nSPS) is 11.6. The summed E-state index contributed by atoms with van der Waals surface area (Å²) in [6.45, 7) is 9.84. The largest absolute Gasteiger partial charge is 0.492 e. The van der Waals surface area contributed by atoms with Gasteiger partial charge in [-0.3, -0.25) is 4.99 Å². The minimum Gasteiger partial charge on any atom is -0.492 e. The first-order valence-electron chi connectivity index (χ1n) is 7.83. The number of hydrogen-bond donors (Lipinski definition) is 2. The summed E-state index contributed by atoms with van der Waals surface area (Å²) in [7, 11) is 1.76. The van der Waals surface area contributed by atoms with Gasteiger partial charge < -0.3 is 20.1 Å². The molecule has 22 heavy (non-hydrogen) atoms. The first-order chi connectivity index (χ1) is 10.6. The van der Waals surface area contributed by atoms with E-state index in [1.165, 1.54) is 5.56 Å². The molecule has 1 aromatic rings. The van der Waals surface area contributed by atoms with Gasteiger partial charge in [0.2, 0.25) is 0 Å². The number of nitrogens with zero attached hydrogens (tertiary/aromatic N) is 1. The molecule has 0 atom stereocenters. The number of aryl methyl sites for hydroxylation is 1. The molecule has 0 fully saturated rings. The Morgan fingerprint density at radius 2 is 1.73 bits per heavy atom. The summed E-state index contributed by atoms with van der Waals surface area (Å²) in [6.07, 6.45) is 0. The summed E-state index contributed by atoms with van der Waals surface area (Å²) in [5.74, 6) is 2.22. The minimum atomic E-state index is 0.566. The van der Waals surface area contributed by atoms with Crippen LogP contribution in [0.2, 0.25) is 0 Å². The molecule has 0 radical (unpaired) electrons. The van der Waals surface area contributed by atoms with E-state index in [0.29, 0.717) is 25.7 Å². The van der Waals surface area contributed by atoms with Crippen LogP contribution in [-0.4, -0.2) is 45.9 Å². The Morgan fingerprint density at radius 3 is 2.32 bits per heavy atom. The molecule has 0 aliphatic heterocycles. The lowest BCUT2D eigenvalue weighted by molar-refractivity contribution is 0.114. The fraction of sp³-hybridized carbons (Fsp3) is 0.588. The van der Waals surface area contributed by atoms with E-state index < -0.39 is 0 Å². The number of nitrogens with one attached hydrogen (secondary N) is 2. The average Bonchev–Trinajstić information content (AvgIpc) is 2.50. The van der Waals surface area contributed by atoms with Gasteiger partial charge in [0.25, 0.3) is 0 Å². The summed E-state index contributed by atoms with van der Waals surface area (Å²) >= 11 is 0. The van der Waals surface area contributed by atoms with Gasteiger partial charge in [-0.05, 0) is 25.0 Å². The molecular weight excluding hydrogens is 278 g/mol. The van der Waals surface area contributed by atoms with E-state index in [1.807, 2.05) is 24.3 Å². The number of guanidine groups is 1. The highest BCUT2D eigenvalue weighted by Crippen LogP contribution is 2.10. The smallest absolute Gasteiger partial charge is 0.191 e. The van der Waals surface area contributed by atoms with E-state index in [1.54, 1.807) is 7.05 Å². The molecule has 5 nitrogen and oxygen atoms in total. The zero-order valence-electron chi connectivity index (χ0n) is 14.2. The molecule has 5 heteroatoms. The van der Waals surface area contributed by atoms with Crippen LogP contribution in [0, 0.1) is 12.8 Å². The van der Waals surface area contributed by atoms with Crippen LogP contribution in [0.15, 0.2) is 29.3 Å². The number of hydrogen-bond acceptors (Lipinski definition) is 3. The molecule has 1 aromatic carbocycles.